The predicted molar refractivity (Wildman–Crippen MR) is 70.7 cm³/mol. The number of rotatable bonds is 3. The van der Waals surface area contributed by atoms with E-state index >= 15 is 0 Å². The van der Waals surface area contributed by atoms with Gasteiger partial charge in [0.1, 0.15) is 5.75 Å². The van der Waals surface area contributed by atoms with E-state index in [9.17, 15) is 0 Å². The number of ether oxygens (including phenoxy) is 1. The second-order valence-electron chi connectivity index (χ2n) is 4.79. The van der Waals surface area contributed by atoms with Gasteiger partial charge in [-0.15, -0.1) is 0 Å². The van der Waals surface area contributed by atoms with Gasteiger partial charge in [0.25, 0.3) is 0 Å². The van der Waals surface area contributed by atoms with Crippen molar-refractivity contribution in [2.75, 3.05) is 0 Å². The summed E-state index contributed by atoms with van der Waals surface area (Å²) < 4.78 is 5.37. The van der Waals surface area contributed by atoms with Crippen LogP contribution in [0.3, 0.4) is 0 Å². The first-order valence-electron chi connectivity index (χ1n) is 5.54. The van der Waals surface area contributed by atoms with Crippen LogP contribution in [0.2, 0.25) is 0 Å². The van der Waals surface area contributed by atoms with Crippen LogP contribution >= 0.6 is 0 Å². The van der Waals surface area contributed by atoms with E-state index in [1.807, 2.05) is 25.1 Å². The highest BCUT2D eigenvalue weighted by atomic mass is 16.5. The molecule has 0 fully saturated rings. The lowest BCUT2D eigenvalue weighted by Crippen LogP contribution is -2.11. The fourth-order valence-corrected chi connectivity index (χ4v) is 1.52. The SMILES string of the molecule is C=COc1ccc(C(C)(C)C)cc1/C=C/C. The number of allylic oxidation sites excluding steroid dienone is 1. The van der Waals surface area contributed by atoms with Crippen molar-refractivity contribution in [1.82, 2.24) is 0 Å². The third kappa shape index (κ3) is 2.99. The van der Waals surface area contributed by atoms with Gasteiger partial charge in [0, 0.05) is 5.56 Å². The van der Waals surface area contributed by atoms with Gasteiger partial charge in [-0.25, -0.2) is 0 Å². The highest BCUT2D eigenvalue weighted by Gasteiger charge is 2.14. The Hall–Kier alpha value is -1.50. The molecular weight excluding hydrogens is 196 g/mol. The third-order valence-corrected chi connectivity index (χ3v) is 2.43. The zero-order valence-corrected chi connectivity index (χ0v) is 10.6. The van der Waals surface area contributed by atoms with Crippen molar-refractivity contribution in [2.45, 2.75) is 33.1 Å². The Morgan fingerprint density at radius 2 is 1.94 bits per heavy atom. The molecule has 1 nitrogen and oxygen atoms in total. The topological polar surface area (TPSA) is 9.23 Å². The third-order valence-electron chi connectivity index (χ3n) is 2.43. The van der Waals surface area contributed by atoms with Gasteiger partial charge in [-0.05, 0) is 30.0 Å². The van der Waals surface area contributed by atoms with Crippen LogP contribution in [0.4, 0.5) is 0 Å². The predicted octanol–water partition coefficient (Wildman–Crippen LogP) is 4.54. The van der Waals surface area contributed by atoms with Crippen molar-refractivity contribution >= 4 is 6.08 Å². The van der Waals surface area contributed by atoms with E-state index in [1.54, 1.807) is 0 Å². The zero-order valence-electron chi connectivity index (χ0n) is 10.6. The van der Waals surface area contributed by atoms with Gasteiger partial charge in [-0.3, -0.25) is 0 Å². The number of hydrogen-bond donors (Lipinski definition) is 0. The maximum absolute atomic E-state index is 5.37. The van der Waals surface area contributed by atoms with E-state index in [-0.39, 0.29) is 5.41 Å². The Morgan fingerprint density at radius 1 is 1.25 bits per heavy atom. The van der Waals surface area contributed by atoms with Crippen molar-refractivity contribution in [2.24, 2.45) is 0 Å². The lowest BCUT2D eigenvalue weighted by Gasteiger charge is -2.20. The fourth-order valence-electron chi connectivity index (χ4n) is 1.52. The Labute approximate surface area is 98.5 Å². The molecule has 0 amide bonds. The van der Waals surface area contributed by atoms with Crippen LogP contribution in [0, 0.1) is 0 Å². The van der Waals surface area contributed by atoms with Crippen molar-refractivity contribution in [1.29, 1.82) is 0 Å². The van der Waals surface area contributed by atoms with E-state index in [2.05, 4.69) is 39.5 Å². The van der Waals surface area contributed by atoms with Gasteiger partial charge in [-0.2, -0.15) is 0 Å². The highest BCUT2D eigenvalue weighted by molar-refractivity contribution is 5.59. The van der Waals surface area contributed by atoms with Crippen molar-refractivity contribution in [3.05, 3.63) is 48.2 Å². The summed E-state index contributed by atoms with van der Waals surface area (Å²) in [5.74, 6) is 0.848. The average Bonchev–Trinajstić information content (AvgIpc) is 2.19. The minimum absolute atomic E-state index is 0.156. The zero-order chi connectivity index (χ0) is 12.2. The molecule has 0 N–H and O–H groups in total. The van der Waals surface area contributed by atoms with E-state index in [0.29, 0.717) is 0 Å². The normalized spacial score (nSPS) is 11.8. The minimum Gasteiger partial charge on any atom is -0.465 e. The number of benzene rings is 1. The fraction of sp³-hybridized carbons (Fsp3) is 0.333. The monoisotopic (exact) mass is 216 g/mol. The standard InChI is InChI=1S/C15H20O/c1-6-8-12-11-13(15(3,4)5)9-10-14(12)16-7-2/h6-11H,2H2,1,3-5H3/b8-6+. The van der Waals surface area contributed by atoms with Crippen LogP contribution in [0.25, 0.3) is 6.08 Å². The van der Waals surface area contributed by atoms with Gasteiger partial charge in [0.2, 0.25) is 0 Å². The quantitative estimate of drug-likeness (QED) is 0.674. The lowest BCUT2D eigenvalue weighted by atomic mass is 9.86. The molecule has 0 heterocycles. The van der Waals surface area contributed by atoms with Gasteiger partial charge in [0.15, 0.2) is 0 Å². The molecule has 86 valence electrons. The van der Waals surface area contributed by atoms with Crippen molar-refractivity contribution < 1.29 is 4.74 Å². The summed E-state index contributed by atoms with van der Waals surface area (Å²) in [6.45, 7) is 12.2. The molecule has 0 saturated carbocycles. The van der Waals surface area contributed by atoms with E-state index in [4.69, 9.17) is 4.74 Å². The molecule has 0 radical (unpaired) electrons. The van der Waals surface area contributed by atoms with Crippen LogP contribution in [-0.4, -0.2) is 0 Å². The molecule has 0 aromatic heterocycles. The van der Waals surface area contributed by atoms with E-state index in [0.717, 1.165) is 11.3 Å². The second-order valence-corrected chi connectivity index (χ2v) is 4.79. The molecule has 16 heavy (non-hydrogen) atoms. The summed E-state index contributed by atoms with van der Waals surface area (Å²) in [7, 11) is 0. The summed E-state index contributed by atoms with van der Waals surface area (Å²) >= 11 is 0. The van der Waals surface area contributed by atoms with E-state index in [1.165, 1.54) is 11.8 Å². The van der Waals surface area contributed by atoms with Crippen LogP contribution < -0.4 is 4.74 Å². The molecule has 1 heteroatoms. The first kappa shape index (κ1) is 12.6. The molecule has 0 aliphatic rings. The molecule has 1 rings (SSSR count). The van der Waals surface area contributed by atoms with Gasteiger partial charge in [-0.1, -0.05) is 45.6 Å². The maximum Gasteiger partial charge on any atom is 0.133 e. The smallest absolute Gasteiger partial charge is 0.133 e. The molecule has 0 unspecified atom stereocenters. The van der Waals surface area contributed by atoms with E-state index < -0.39 is 0 Å². The largest absolute Gasteiger partial charge is 0.465 e. The van der Waals surface area contributed by atoms with Gasteiger partial charge in [0.05, 0.1) is 6.26 Å². The van der Waals surface area contributed by atoms with Gasteiger partial charge < -0.3 is 4.74 Å². The summed E-state index contributed by atoms with van der Waals surface area (Å²) in [5, 5.41) is 0. The molecule has 1 aromatic carbocycles. The van der Waals surface area contributed by atoms with Crippen LogP contribution in [0.5, 0.6) is 5.75 Å². The molecule has 1 aromatic rings. The second kappa shape index (κ2) is 5.02. The lowest BCUT2D eigenvalue weighted by molar-refractivity contribution is 0.481. The molecule has 0 bridgehead atoms. The summed E-state index contributed by atoms with van der Waals surface area (Å²) in [5.41, 5.74) is 2.55. The molecular formula is C15H20O. The Balaban J connectivity index is 3.22. The highest BCUT2D eigenvalue weighted by Crippen LogP contribution is 2.28. The molecule has 0 aliphatic carbocycles. The molecule has 0 spiro atoms. The molecule has 0 aliphatic heterocycles. The van der Waals surface area contributed by atoms with Gasteiger partial charge >= 0.3 is 0 Å². The summed E-state index contributed by atoms with van der Waals surface area (Å²) in [6.07, 6.45) is 5.52. The minimum atomic E-state index is 0.156. The Bertz CT molecular complexity index is 394. The van der Waals surface area contributed by atoms with Crippen molar-refractivity contribution in [3.63, 3.8) is 0 Å². The van der Waals surface area contributed by atoms with Crippen LogP contribution in [0.15, 0.2) is 37.1 Å². The maximum atomic E-state index is 5.37. The number of hydrogen-bond acceptors (Lipinski definition) is 1. The molecule has 0 saturated heterocycles. The van der Waals surface area contributed by atoms with Crippen molar-refractivity contribution in [3.8, 4) is 5.75 Å². The van der Waals surface area contributed by atoms with Crippen LogP contribution in [-0.2, 0) is 5.41 Å². The average molecular weight is 216 g/mol. The van der Waals surface area contributed by atoms with Crippen LogP contribution in [0.1, 0.15) is 38.8 Å². The Kier molecular flexibility index (Phi) is 3.94. The summed E-state index contributed by atoms with van der Waals surface area (Å²) in [6, 6.07) is 6.27. The summed E-state index contributed by atoms with van der Waals surface area (Å²) in [4.78, 5) is 0. The first-order valence-corrected chi connectivity index (χ1v) is 5.54. The first-order chi connectivity index (χ1) is 7.49. The molecule has 0 atom stereocenters. The Morgan fingerprint density at radius 3 is 2.44 bits per heavy atom.